The molecule has 53 heavy (non-hydrogen) atoms. The van der Waals surface area contributed by atoms with Gasteiger partial charge in [-0.2, -0.15) is 10.5 Å². The predicted octanol–water partition coefficient (Wildman–Crippen LogP) is 6.59. The number of hydrogen-bond donors (Lipinski definition) is 5. The van der Waals surface area contributed by atoms with Crippen molar-refractivity contribution in [1.82, 2.24) is 15.8 Å². The van der Waals surface area contributed by atoms with Crippen LogP contribution in [-0.4, -0.2) is 57.7 Å². The second-order valence-corrected chi connectivity index (χ2v) is 13.9. The molecule has 13 heteroatoms. The molecule has 1 amide bonds. The topological polar surface area (TPSA) is 175 Å². The Bertz CT molecular complexity index is 2060. The Hall–Kier alpha value is -5.50. The Morgan fingerprint density at radius 2 is 1.72 bits per heavy atom. The van der Waals surface area contributed by atoms with Crippen LogP contribution in [0, 0.1) is 28.5 Å². The lowest BCUT2D eigenvalue weighted by Crippen LogP contribution is -2.49. The van der Waals surface area contributed by atoms with Gasteiger partial charge in [0.25, 0.3) is 5.91 Å². The highest BCUT2D eigenvalue weighted by Crippen LogP contribution is 2.41. The lowest BCUT2D eigenvalue weighted by molar-refractivity contribution is -0.124. The van der Waals surface area contributed by atoms with Crippen molar-refractivity contribution in [3.8, 4) is 45.9 Å². The van der Waals surface area contributed by atoms with E-state index in [-0.39, 0.29) is 53.2 Å². The molecule has 2 heterocycles. The van der Waals surface area contributed by atoms with Crippen LogP contribution in [0.15, 0.2) is 72.9 Å². The number of hydrogen-bond acceptors (Lipinski definition) is 10. The summed E-state index contributed by atoms with van der Waals surface area (Å²) in [6.07, 6.45) is 5.99. The maximum absolute atomic E-state index is 15.0. The fourth-order valence-corrected chi connectivity index (χ4v) is 6.24. The lowest BCUT2D eigenvalue weighted by atomic mass is 9.90. The molecule has 0 atom stereocenters. The summed E-state index contributed by atoms with van der Waals surface area (Å²) in [5, 5.41) is 53.3. The van der Waals surface area contributed by atoms with Crippen molar-refractivity contribution in [2.75, 3.05) is 24.6 Å². The molecule has 0 saturated carbocycles. The Labute approximate surface area is 314 Å². The van der Waals surface area contributed by atoms with Gasteiger partial charge < -0.3 is 25.2 Å². The molecule has 1 aliphatic rings. The quantitative estimate of drug-likeness (QED) is 0.0641. The van der Waals surface area contributed by atoms with E-state index in [1.54, 1.807) is 49.8 Å². The van der Waals surface area contributed by atoms with Gasteiger partial charge in [0.15, 0.2) is 11.5 Å². The number of carbonyl (C=O) groups excluding carboxylic acids is 1. The number of nitrogens with one attached hydrogen (secondary N) is 2. The first-order valence-electron chi connectivity index (χ1n) is 16.8. The van der Waals surface area contributed by atoms with Crippen LogP contribution in [0.25, 0.3) is 28.3 Å². The second-order valence-electron chi connectivity index (χ2n) is 13.9. The first kappa shape index (κ1) is 40.3. The standard InChI is InChI=1S/C40H41FN6O5.ClH/c1-39(2,50)24-52-35-13-10-26(20-34(35)48)32-23-44-38(31(22-43)37(32)27-8-9-28(21-42)33(41)19-27)47-17-15-30(16-18-47)45-40(3,4)29-11-5-25(6-12-29)7-14-36(49)46-51;/h5-14,19-20,23,30,45,48,50-51H,15-18,24H2,1-4H3,(H,46,49);1H/b14-7+;. The smallest absolute Gasteiger partial charge is 0.267 e. The van der Waals surface area contributed by atoms with Gasteiger partial charge in [0.2, 0.25) is 0 Å². The van der Waals surface area contributed by atoms with E-state index in [9.17, 15) is 25.5 Å². The molecule has 1 fully saturated rings. The molecule has 1 aromatic heterocycles. The normalized spacial score (nSPS) is 13.6. The van der Waals surface area contributed by atoms with Crippen molar-refractivity contribution in [2.45, 2.75) is 57.7 Å². The van der Waals surface area contributed by atoms with Crippen molar-refractivity contribution in [3.05, 3.63) is 101 Å². The Morgan fingerprint density at radius 3 is 2.30 bits per heavy atom. The minimum absolute atomic E-state index is 0. The first-order chi connectivity index (χ1) is 24.7. The van der Waals surface area contributed by atoms with Crippen molar-refractivity contribution in [1.29, 1.82) is 10.5 Å². The molecule has 3 aromatic carbocycles. The summed E-state index contributed by atoms with van der Waals surface area (Å²) in [4.78, 5) is 18.1. The molecule has 0 aliphatic carbocycles. The number of pyridine rings is 1. The molecule has 11 nitrogen and oxygen atoms in total. The third-order valence-electron chi connectivity index (χ3n) is 8.93. The van der Waals surface area contributed by atoms with Gasteiger partial charge >= 0.3 is 0 Å². The lowest BCUT2D eigenvalue weighted by Gasteiger charge is -2.38. The molecular formula is C40H42ClFN6O5. The summed E-state index contributed by atoms with van der Waals surface area (Å²) in [6.45, 7) is 8.53. The van der Waals surface area contributed by atoms with Crippen molar-refractivity contribution in [2.24, 2.45) is 0 Å². The van der Waals surface area contributed by atoms with Gasteiger partial charge in [-0.1, -0.05) is 36.4 Å². The number of aliphatic hydroxyl groups is 1. The molecule has 0 bridgehead atoms. The van der Waals surface area contributed by atoms with E-state index in [4.69, 9.17) is 14.9 Å². The minimum atomic E-state index is -1.12. The van der Waals surface area contributed by atoms with Crippen LogP contribution in [0.1, 0.15) is 62.8 Å². The van der Waals surface area contributed by atoms with Gasteiger partial charge in [0, 0.05) is 48.1 Å². The zero-order valence-electron chi connectivity index (χ0n) is 29.9. The number of aromatic hydroxyl groups is 1. The number of nitrogens with zero attached hydrogens (tertiary/aromatic N) is 4. The van der Waals surface area contributed by atoms with E-state index in [0.717, 1.165) is 24.0 Å². The molecular weight excluding hydrogens is 699 g/mol. The van der Waals surface area contributed by atoms with Crippen LogP contribution >= 0.6 is 12.4 Å². The summed E-state index contributed by atoms with van der Waals surface area (Å²) in [5.74, 6) is -0.887. The largest absolute Gasteiger partial charge is 0.504 e. The number of amides is 1. The molecule has 276 valence electrons. The van der Waals surface area contributed by atoms with E-state index >= 15 is 4.39 Å². The van der Waals surface area contributed by atoms with E-state index in [1.807, 2.05) is 35.2 Å². The van der Waals surface area contributed by atoms with E-state index < -0.39 is 17.3 Å². The Morgan fingerprint density at radius 1 is 1.04 bits per heavy atom. The fraction of sp³-hybridized carbons (Fsp3) is 0.300. The summed E-state index contributed by atoms with van der Waals surface area (Å²) in [7, 11) is 0. The third-order valence-corrected chi connectivity index (χ3v) is 8.93. The van der Waals surface area contributed by atoms with Crippen molar-refractivity contribution >= 4 is 30.2 Å². The molecule has 5 N–H and O–H groups in total. The number of ether oxygens (including phenoxy) is 1. The molecule has 1 aliphatic heterocycles. The van der Waals surface area contributed by atoms with Crippen LogP contribution in [-0.2, 0) is 10.3 Å². The van der Waals surface area contributed by atoms with E-state index in [0.29, 0.717) is 41.2 Å². The zero-order valence-corrected chi connectivity index (χ0v) is 30.7. The average Bonchev–Trinajstić information content (AvgIpc) is 3.12. The highest BCUT2D eigenvalue weighted by atomic mass is 35.5. The Balaban J connectivity index is 0.00000627. The van der Waals surface area contributed by atoms with E-state index in [2.05, 4.69) is 25.2 Å². The summed E-state index contributed by atoms with van der Waals surface area (Å²) in [6, 6.07) is 21.0. The molecule has 0 spiro atoms. The predicted molar refractivity (Wildman–Crippen MR) is 202 cm³/mol. The number of rotatable bonds is 11. The van der Waals surface area contributed by atoms with Crippen molar-refractivity contribution in [3.63, 3.8) is 0 Å². The third kappa shape index (κ3) is 9.69. The highest BCUT2D eigenvalue weighted by Gasteiger charge is 2.30. The number of halogens is 2. The molecule has 4 aromatic rings. The first-order valence-corrected chi connectivity index (χ1v) is 16.8. The minimum Gasteiger partial charge on any atom is -0.504 e. The number of benzene rings is 3. The van der Waals surface area contributed by atoms with Gasteiger partial charge in [0.1, 0.15) is 35.9 Å². The number of piperidine rings is 1. The van der Waals surface area contributed by atoms with Crippen LogP contribution < -0.4 is 20.4 Å². The molecule has 5 rings (SSSR count). The average molecular weight is 741 g/mol. The van der Waals surface area contributed by atoms with Gasteiger partial charge in [-0.05, 0) is 93.1 Å². The number of aromatic nitrogens is 1. The number of carbonyl (C=O) groups is 1. The van der Waals surface area contributed by atoms with Crippen LogP contribution in [0.2, 0.25) is 0 Å². The monoisotopic (exact) mass is 740 g/mol. The molecule has 0 unspecified atom stereocenters. The zero-order chi connectivity index (χ0) is 37.6. The maximum Gasteiger partial charge on any atom is 0.267 e. The molecule has 0 radical (unpaired) electrons. The summed E-state index contributed by atoms with van der Waals surface area (Å²) < 4.78 is 20.6. The number of nitriles is 2. The van der Waals surface area contributed by atoms with E-state index in [1.165, 1.54) is 24.3 Å². The van der Waals surface area contributed by atoms with Gasteiger partial charge in [-0.3, -0.25) is 10.0 Å². The number of phenolic OH excluding ortho intramolecular Hbond substituents is 1. The van der Waals surface area contributed by atoms with Crippen molar-refractivity contribution < 1.29 is 29.3 Å². The van der Waals surface area contributed by atoms with Crippen LogP contribution in [0.3, 0.4) is 0 Å². The highest BCUT2D eigenvalue weighted by molar-refractivity contribution is 5.91. The van der Waals surface area contributed by atoms with Gasteiger partial charge in [-0.25, -0.2) is 14.9 Å². The second kappa shape index (κ2) is 16.9. The maximum atomic E-state index is 15.0. The Kier molecular flexibility index (Phi) is 12.8. The van der Waals surface area contributed by atoms with Crippen LogP contribution in [0.5, 0.6) is 11.5 Å². The van der Waals surface area contributed by atoms with Gasteiger partial charge in [0.05, 0.1) is 11.2 Å². The number of phenols is 1. The molecule has 1 saturated heterocycles. The number of hydroxylamine groups is 1. The number of anilines is 1. The van der Waals surface area contributed by atoms with Crippen LogP contribution in [0.4, 0.5) is 10.2 Å². The fourth-order valence-electron chi connectivity index (χ4n) is 6.24. The van der Waals surface area contributed by atoms with Gasteiger partial charge in [-0.15, -0.1) is 12.4 Å². The summed E-state index contributed by atoms with van der Waals surface area (Å²) in [5.41, 5.74) is 3.85. The summed E-state index contributed by atoms with van der Waals surface area (Å²) >= 11 is 0. The SMILES string of the molecule is CC(C)(O)COc1ccc(-c2cnc(N3CCC(NC(C)(C)c4ccc(/C=C/C(=O)NO)cc4)CC3)c(C#N)c2-c2ccc(C#N)c(F)c2)cc1O.Cl.